The second-order valence-corrected chi connectivity index (χ2v) is 8.11. The van der Waals surface area contributed by atoms with Crippen molar-refractivity contribution in [2.24, 2.45) is 0 Å². The number of amides is 1. The van der Waals surface area contributed by atoms with Gasteiger partial charge in [-0.1, -0.05) is 13.3 Å². The van der Waals surface area contributed by atoms with E-state index in [1.807, 2.05) is 31.2 Å². The van der Waals surface area contributed by atoms with Crippen molar-refractivity contribution in [2.75, 3.05) is 44.8 Å². The first-order valence-corrected chi connectivity index (χ1v) is 10.8. The molecule has 1 aliphatic heterocycles. The number of carbonyl (C=O) groups excluding carboxylic acids is 1. The lowest BCUT2D eigenvalue weighted by molar-refractivity contribution is -0.116. The Hall–Kier alpha value is -1.96. The molecule has 2 aromatic rings. The van der Waals surface area contributed by atoms with Gasteiger partial charge in [-0.05, 0) is 37.6 Å². The highest BCUT2D eigenvalue weighted by molar-refractivity contribution is 7.16. The van der Waals surface area contributed by atoms with Gasteiger partial charge in [-0.25, -0.2) is 4.98 Å². The van der Waals surface area contributed by atoms with Gasteiger partial charge in [0.05, 0.1) is 18.9 Å². The van der Waals surface area contributed by atoms with Crippen LogP contribution in [0.3, 0.4) is 0 Å². The van der Waals surface area contributed by atoms with Crippen LogP contribution in [0.5, 0.6) is 5.75 Å². The van der Waals surface area contributed by atoms with E-state index in [0.717, 1.165) is 67.6 Å². The second-order valence-electron chi connectivity index (χ2n) is 6.90. The van der Waals surface area contributed by atoms with Gasteiger partial charge in [-0.15, -0.1) is 11.3 Å². The molecule has 6 nitrogen and oxygen atoms in total. The summed E-state index contributed by atoms with van der Waals surface area (Å²) in [6.07, 6.45) is 2.45. The molecule has 1 aromatic carbocycles. The van der Waals surface area contributed by atoms with E-state index >= 15 is 0 Å². The summed E-state index contributed by atoms with van der Waals surface area (Å²) < 4.78 is 11.2. The number of hydrogen-bond acceptors (Lipinski definition) is 6. The van der Waals surface area contributed by atoms with Gasteiger partial charge in [0.15, 0.2) is 5.13 Å². The van der Waals surface area contributed by atoms with Crippen molar-refractivity contribution in [2.45, 2.75) is 33.1 Å². The van der Waals surface area contributed by atoms with Crippen LogP contribution in [0.25, 0.3) is 11.3 Å². The van der Waals surface area contributed by atoms with Gasteiger partial charge in [-0.2, -0.15) is 0 Å². The topological polar surface area (TPSA) is 63.7 Å². The molecule has 1 N–H and O–H groups in total. The number of hydrogen-bond donors (Lipinski definition) is 1. The van der Waals surface area contributed by atoms with Crippen molar-refractivity contribution < 1.29 is 14.3 Å². The Bertz CT molecular complexity index is 755. The quantitative estimate of drug-likeness (QED) is 0.687. The molecule has 7 heteroatoms. The molecule has 28 heavy (non-hydrogen) atoms. The molecule has 0 atom stereocenters. The fraction of sp³-hybridized carbons (Fsp3) is 0.524. The number of aromatic nitrogens is 1. The number of thiazole rings is 1. The maximum atomic E-state index is 11.9. The van der Waals surface area contributed by atoms with Crippen LogP contribution in [0.2, 0.25) is 0 Å². The van der Waals surface area contributed by atoms with Gasteiger partial charge in [0, 0.05) is 36.5 Å². The van der Waals surface area contributed by atoms with Crippen LogP contribution in [0, 0.1) is 6.92 Å². The number of anilines is 1. The molecule has 1 aliphatic rings. The number of unbranched alkanes of at least 4 members (excludes halogenated alkanes) is 1. The van der Waals surface area contributed by atoms with Gasteiger partial charge >= 0.3 is 0 Å². The van der Waals surface area contributed by atoms with Gasteiger partial charge in [0.2, 0.25) is 5.91 Å². The van der Waals surface area contributed by atoms with Crippen molar-refractivity contribution in [3.05, 3.63) is 29.1 Å². The summed E-state index contributed by atoms with van der Waals surface area (Å²) in [5.74, 6) is 0.893. The van der Waals surface area contributed by atoms with Gasteiger partial charge in [0.25, 0.3) is 0 Å². The van der Waals surface area contributed by atoms with Crippen LogP contribution >= 0.6 is 11.3 Å². The maximum absolute atomic E-state index is 11.9. The largest absolute Gasteiger partial charge is 0.492 e. The van der Waals surface area contributed by atoms with Crippen LogP contribution in [0.15, 0.2) is 24.3 Å². The summed E-state index contributed by atoms with van der Waals surface area (Å²) in [4.78, 5) is 20.0. The van der Waals surface area contributed by atoms with Crippen LogP contribution in [-0.2, 0) is 9.53 Å². The monoisotopic (exact) mass is 403 g/mol. The molecular formula is C21H29N3O3S. The van der Waals surface area contributed by atoms with Crippen LogP contribution in [0.4, 0.5) is 5.13 Å². The fourth-order valence-corrected chi connectivity index (χ4v) is 3.92. The number of benzene rings is 1. The first-order valence-electron chi connectivity index (χ1n) is 9.96. The fourth-order valence-electron chi connectivity index (χ4n) is 3.06. The van der Waals surface area contributed by atoms with E-state index in [4.69, 9.17) is 9.47 Å². The van der Waals surface area contributed by atoms with E-state index in [2.05, 4.69) is 22.1 Å². The van der Waals surface area contributed by atoms with Gasteiger partial charge in [-0.3, -0.25) is 9.69 Å². The Labute approximate surface area is 170 Å². The van der Waals surface area contributed by atoms with E-state index in [0.29, 0.717) is 18.2 Å². The normalized spacial score (nSPS) is 14.8. The maximum Gasteiger partial charge on any atom is 0.226 e. The molecule has 0 unspecified atom stereocenters. The molecule has 0 spiro atoms. The van der Waals surface area contributed by atoms with Crippen molar-refractivity contribution in [3.8, 4) is 17.0 Å². The second kappa shape index (κ2) is 10.5. The number of carbonyl (C=O) groups is 1. The molecule has 1 fully saturated rings. The third-order valence-corrected chi connectivity index (χ3v) is 5.59. The van der Waals surface area contributed by atoms with Crippen LogP contribution in [-0.4, -0.2) is 55.2 Å². The first kappa shape index (κ1) is 20.8. The molecule has 0 saturated carbocycles. The zero-order chi connectivity index (χ0) is 19.8. The lowest BCUT2D eigenvalue weighted by Gasteiger charge is -2.26. The Balaban J connectivity index is 1.53. The Kier molecular flexibility index (Phi) is 7.82. The third kappa shape index (κ3) is 6.02. The number of aryl methyl sites for hydroxylation is 1. The molecule has 0 radical (unpaired) electrons. The SMILES string of the molecule is CCCCC(=O)Nc1nc(-c2ccc(OCCN3CCOCC3)cc2)c(C)s1. The molecule has 2 heterocycles. The van der Waals surface area contributed by atoms with E-state index in [1.165, 1.54) is 11.3 Å². The molecule has 152 valence electrons. The summed E-state index contributed by atoms with van der Waals surface area (Å²) in [5, 5.41) is 3.57. The lowest BCUT2D eigenvalue weighted by atomic mass is 10.1. The lowest BCUT2D eigenvalue weighted by Crippen LogP contribution is -2.38. The van der Waals surface area contributed by atoms with E-state index in [1.54, 1.807) is 0 Å². The van der Waals surface area contributed by atoms with Crippen molar-refractivity contribution in [1.29, 1.82) is 0 Å². The molecule has 1 amide bonds. The predicted molar refractivity (Wildman–Crippen MR) is 113 cm³/mol. The summed E-state index contributed by atoms with van der Waals surface area (Å²) in [6.45, 7) is 9.26. The van der Waals surface area contributed by atoms with Crippen molar-refractivity contribution >= 4 is 22.4 Å². The predicted octanol–water partition coefficient (Wildman–Crippen LogP) is 3.96. The van der Waals surface area contributed by atoms with Gasteiger partial charge < -0.3 is 14.8 Å². The highest BCUT2D eigenvalue weighted by atomic mass is 32.1. The minimum Gasteiger partial charge on any atom is -0.492 e. The average Bonchev–Trinajstić information content (AvgIpc) is 3.07. The minimum absolute atomic E-state index is 0.0335. The summed E-state index contributed by atoms with van der Waals surface area (Å²) in [7, 11) is 0. The zero-order valence-corrected chi connectivity index (χ0v) is 17.5. The highest BCUT2D eigenvalue weighted by Crippen LogP contribution is 2.31. The molecule has 3 rings (SSSR count). The van der Waals surface area contributed by atoms with Crippen molar-refractivity contribution in [3.63, 3.8) is 0 Å². The van der Waals surface area contributed by atoms with Crippen LogP contribution < -0.4 is 10.1 Å². The molecule has 1 saturated heterocycles. The Morgan fingerprint density at radius 1 is 1.29 bits per heavy atom. The number of morpholine rings is 1. The summed E-state index contributed by atoms with van der Waals surface area (Å²) in [6, 6.07) is 8.00. The number of nitrogens with one attached hydrogen (secondary N) is 1. The van der Waals surface area contributed by atoms with Crippen molar-refractivity contribution in [1.82, 2.24) is 9.88 Å². The summed E-state index contributed by atoms with van der Waals surface area (Å²) in [5.41, 5.74) is 1.94. The number of nitrogens with zero attached hydrogens (tertiary/aromatic N) is 2. The van der Waals surface area contributed by atoms with E-state index in [9.17, 15) is 4.79 Å². The average molecular weight is 404 g/mol. The molecule has 0 bridgehead atoms. The first-order chi connectivity index (χ1) is 13.7. The number of ether oxygens (including phenoxy) is 2. The highest BCUT2D eigenvalue weighted by Gasteiger charge is 2.13. The minimum atomic E-state index is 0.0335. The van der Waals surface area contributed by atoms with E-state index < -0.39 is 0 Å². The Morgan fingerprint density at radius 2 is 2.04 bits per heavy atom. The number of rotatable bonds is 9. The Morgan fingerprint density at radius 3 is 2.75 bits per heavy atom. The molecule has 0 aliphatic carbocycles. The molecule has 1 aromatic heterocycles. The zero-order valence-electron chi connectivity index (χ0n) is 16.7. The third-order valence-electron chi connectivity index (χ3n) is 4.71. The standard InChI is InChI=1S/C21H29N3O3S/c1-3-4-5-19(25)22-21-23-20(16(2)28-21)17-6-8-18(9-7-17)27-15-12-24-10-13-26-14-11-24/h6-9H,3-5,10-15H2,1-2H3,(H,22,23,25). The van der Waals surface area contributed by atoms with Gasteiger partial charge in [0.1, 0.15) is 12.4 Å². The molecular weight excluding hydrogens is 374 g/mol. The van der Waals surface area contributed by atoms with E-state index in [-0.39, 0.29) is 5.91 Å². The van der Waals surface area contributed by atoms with Crippen LogP contribution in [0.1, 0.15) is 31.1 Å². The smallest absolute Gasteiger partial charge is 0.226 e. The summed E-state index contributed by atoms with van der Waals surface area (Å²) >= 11 is 1.51.